The first-order valence-electron chi connectivity index (χ1n) is 7.22. The molecule has 0 aliphatic rings. The maximum atomic E-state index is 5.82. The summed E-state index contributed by atoms with van der Waals surface area (Å²) < 4.78 is 5.29. The van der Waals surface area contributed by atoms with E-state index in [1.807, 2.05) is 12.1 Å². The molecular formula is C18H24N2O. The Morgan fingerprint density at radius 3 is 2.33 bits per heavy atom. The lowest BCUT2D eigenvalue weighted by Crippen LogP contribution is -2.30. The van der Waals surface area contributed by atoms with Gasteiger partial charge in [-0.3, -0.25) is 11.3 Å². The molecule has 0 aromatic heterocycles. The first-order valence-corrected chi connectivity index (χ1v) is 7.22. The fourth-order valence-electron chi connectivity index (χ4n) is 3.02. The van der Waals surface area contributed by atoms with E-state index in [0.717, 1.165) is 12.2 Å². The molecule has 2 rings (SSSR count). The van der Waals surface area contributed by atoms with Crippen LogP contribution in [-0.2, 0) is 6.42 Å². The van der Waals surface area contributed by atoms with E-state index in [-0.39, 0.29) is 6.04 Å². The Morgan fingerprint density at radius 2 is 1.76 bits per heavy atom. The largest absolute Gasteiger partial charge is 0.497 e. The van der Waals surface area contributed by atoms with E-state index in [1.54, 1.807) is 7.11 Å². The van der Waals surface area contributed by atoms with Crippen LogP contribution in [-0.4, -0.2) is 7.11 Å². The van der Waals surface area contributed by atoms with E-state index in [1.165, 1.54) is 27.8 Å². The van der Waals surface area contributed by atoms with E-state index < -0.39 is 0 Å². The van der Waals surface area contributed by atoms with Gasteiger partial charge < -0.3 is 4.74 Å². The summed E-state index contributed by atoms with van der Waals surface area (Å²) >= 11 is 0. The van der Waals surface area contributed by atoms with Crippen LogP contribution in [0.2, 0.25) is 0 Å². The van der Waals surface area contributed by atoms with Crippen LogP contribution < -0.4 is 16.0 Å². The molecular weight excluding hydrogens is 260 g/mol. The van der Waals surface area contributed by atoms with Crippen molar-refractivity contribution >= 4 is 0 Å². The fraction of sp³-hybridized carbons (Fsp3) is 0.333. The lowest BCUT2D eigenvalue weighted by Gasteiger charge is -2.22. The van der Waals surface area contributed by atoms with Crippen LogP contribution in [0.4, 0.5) is 0 Å². The monoisotopic (exact) mass is 284 g/mol. The van der Waals surface area contributed by atoms with Gasteiger partial charge in [0.2, 0.25) is 0 Å². The second kappa shape index (κ2) is 6.74. The Labute approximate surface area is 127 Å². The molecule has 2 aromatic rings. The highest BCUT2D eigenvalue weighted by atomic mass is 16.5. The molecule has 0 fully saturated rings. The molecule has 0 bridgehead atoms. The molecule has 21 heavy (non-hydrogen) atoms. The number of nitrogens with two attached hydrogens (primary N) is 1. The Morgan fingerprint density at radius 1 is 1.10 bits per heavy atom. The van der Waals surface area contributed by atoms with Crippen LogP contribution in [0.5, 0.6) is 5.75 Å². The lowest BCUT2D eigenvalue weighted by molar-refractivity contribution is 0.414. The standard InChI is InChI=1S/C18H24N2O/c1-12-8-13(2)18(14(3)9-12)17(20-19)11-15-6-5-7-16(10-15)21-4/h5-10,17,20H,11,19H2,1-4H3. The maximum absolute atomic E-state index is 5.82. The first-order chi connectivity index (χ1) is 10.0. The van der Waals surface area contributed by atoms with Crippen LogP contribution in [0.3, 0.4) is 0 Å². The summed E-state index contributed by atoms with van der Waals surface area (Å²) in [7, 11) is 1.69. The van der Waals surface area contributed by atoms with Crippen molar-refractivity contribution in [3.05, 3.63) is 64.2 Å². The van der Waals surface area contributed by atoms with Crippen LogP contribution in [0.1, 0.15) is 33.9 Å². The van der Waals surface area contributed by atoms with Gasteiger partial charge in [0.05, 0.1) is 13.2 Å². The van der Waals surface area contributed by atoms with E-state index in [2.05, 4.69) is 50.5 Å². The van der Waals surface area contributed by atoms with Crippen LogP contribution in [0.25, 0.3) is 0 Å². The zero-order valence-corrected chi connectivity index (χ0v) is 13.2. The second-order valence-corrected chi connectivity index (χ2v) is 5.59. The molecule has 0 aliphatic heterocycles. The van der Waals surface area contributed by atoms with Gasteiger partial charge in [-0.05, 0) is 61.6 Å². The zero-order valence-electron chi connectivity index (χ0n) is 13.2. The number of aryl methyl sites for hydroxylation is 3. The summed E-state index contributed by atoms with van der Waals surface area (Å²) in [6, 6.07) is 12.6. The van der Waals surface area contributed by atoms with Gasteiger partial charge in [-0.15, -0.1) is 0 Å². The van der Waals surface area contributed by atoms with Crippen molar-refractivity contribution in [3.8, 4) is 5.75 Å². The van der Waals surface area contributed by atoms with Crippen LogP contribution in [0.15, 0.2) is 36.4 Å². The predicted molar refractivity (Wildman–Crippen MR) is 87.4 cm³/mol. The molecule has 3 nitrogen and oxygen atoms in total. The zero-order chi connectivity index (χ0) is 15.4. The highest BCUT2D eigenvalue weighted by Crippen LogP contribution is 2.27. The number of hydrogen-bond donors (Lipinski definition) is 2. The number of methoxy groups -OCH3 is 1. The van der Waals surface area contributed by atoms with Gasteiger partial charge in [-0.2, -0.15) is 0 Å². The number of benzene rings is 2. The maximum Gasteiger partial charge on any atom is 0.119 e. The molecule has 2 aromatic carbocycles. The van der Waals surface area contributed by atoms with Crippen molar-refractivity contribution in [2.75, 3.05) is 7.11 Å². The molecule has 112 valence electrons. The molecule has 0 radical (unpaired) electrons. The van der Waals surface area contributed by atoms with Crippen molar-refractivity contribution in [1.82, 2.24) is 5.43 Å². The van der Waals surface area contributed by atoms with E-state index >= 15 is 0 Å². The highest BCUT2D eigenvalue weighted by Gasteiger charge is 2.16. The Balaban J connectivity index is 2.32. The van der Waals surface area contributed by atoms with Crippen molar-refractivity contribution in [3.63, 3.8) is 0 Å². The molecule has 0 heterocycles. The van der Waals surface area contributed by atoms with Crippen LogP contribution >= 0.6 is 0 Å². The minimum atomic E-state index is 0.0951. The minimum absolute atomic E-state index is 0.0951. The summed E-state index contributed by atoms with van der Waals surface area (Å²) in [4.78, 5) is 0. The topological polar surface area (TPSA) is 47.3 Å². The average Bonchev–Trinajstić information content (AvgIpc) is 2.45. The lowest BCUT2D eigenvalue weighted by atomic mass is 9.91. The number of ether oxygens (including phenoxy) is 1. The van der Waals surface area contributed by atoms with E-state index in [0.29, 0.717) is 0 Å². The normalized spacial score (nSPS) is 12.2. The molecule has 0 aliphatic carbocycles. The van der Waals surface area contributed by atoms with Gasteiger partial charge in [-0.1, -0.05) is 29.8 Å². The van der Waals surface area contributed by atoms with Crippen molar-refractivity contribution in [2.45, 2.75) is 33.2 Å². The van der Waals surface area contributed by atoms with Crippen molar-refractivity contribution in [1.29, 1.82) is 0 Å². The molecule has 1 atom stereocenters. The Kier molecular flexibility index (Phi) is 4.99. The third kappa shape index (κ3) is 3.63. The quantitative estimate of drug-likeness (QED) is 0.653. The molecule has 0 saturated carbocycles. The molecule has 3 heteroatoms. The van der Waals surface area contributed by atoms with E-state index in [9.17, 15) is 0 Å². The average molecular weight is 284 g/mol. The third-order valence-electron chi connectivity index (χ3n) is 3.86. The smallest absolute Gasteiger partial charge is 0.119 e. The summed E-state index contributed by atoms with van der Waals surface area (Å²) in [6.07, 6.45) is 0.832. The summed E-state index contributed by atoms with van der Waals surface area (Å²) in [5.41, 5.74) is 9.29. The molecule has 0 amide bonds. The highest BCUT2D eigenvalue weighted by molar-refractivity contribution is 5.41. The third-order valence-corrected chi connectivity index (χ3v) is 3.86. The Hall–Kier alpha value is -1.84. The first kappa shape index (κ1) is 15.5. The number of hydrazine groups is 1. The van der Waals surface area contributed by atoms with Gasteiger partial charge in [0.25, 0.3) is 0 Å². The molecule has 0 saturated heterocycles. The van der Waals surface area contributed by atoms with E-state index in [4.69, 9.17) is 10.6 Å². The Bertz CT molecular complexity index is 599. The summed E-state index contributed by atoms with van der Waals surface area (Å²) in [6.45, 7) is 6.41. The SMILES string of the molecule is COc1cccc(CC(NN)c2c(C)cc(C)cc2C)c1. The number of nitrogens with one attached hydrogen (secondary N) is 1. The van der Waals surface area contributed by atoms with Gasteiger partial charge >= 0.3 is 0 Å². The van der Waals surface area contributed by atoms with Crippen molar-refractivity contribution in [2.24, 2.45) is 5.84 Å². The summed E-state index contributed by atoms with van der Waals surface area (Å²) in [5, 5.41) is 0. The van der Waals surface area contributed by atoms with Crippen LogP contribution in [0, 0.1) is 20.8 Å². The number of hydrogen-bond acceptors (Lipinski definition) is 3. The summed E-state index contributed by atoms with van der Waals surface area (Å²) in [5.74, 6) is 6.69. The molecule has 3 N–H and O–H groups in total. The van der Waals surface area contributed by atoms with Gasteiger partial charge in [0.15, 0.2) is 0 Å². The van der Waals surface area contributed by atoms with Gasteiger partial charge in [-0.25, -0.2) is 0 Å². The number of rotatable bonds is 5. The van der Waals surface area contributed by atoms with Crippen molar-refractivity contribution < 1.29 is 4.74 Å². The predicted octanol–water partition coefficient (Wildman–Crippen LogP) is 3.37. The molecule has 0 spiro atoms. The van der Waals surface area contributed by atoms with Gasteiger partial charge in [0.1, 0.15) is 5.75 Å². The molecule has 1 unspecified atom stereocenters. The fourth-order valence-corrected chi connectivity index (χ4v) is 3.02. The second-order valence-electron chi connectivity index (χ2n) is 5.59. The minimum Gasteiger partial charge on any atom is -0.497 e. The van der Waals surface area contributed by atoms with Gasteiger partial charge in [0, 0.05) is 0 Å².